The summed E-state index contributed by atoms with van der Waals surface area (Å²) in [6.45, 7) is 8.97. The van der Waals surface area contributed by atoms with Crippen molar-refractivity contribution in [1.82, 2.24) is 10.3 Å². The molecular formula is C16H26N2. The number of hydrogen-bond acceptors (Lipinski definition) is 2. The number of nitrogens with one attached hydrogen (secondary N) is 1. The lowest BCUT2D eigenvalue weighted by atomic mass is 9.89. The Hall–Kier alpha value is -0.890. The maximum Gasteiger partial charge on any atom is 0.0303 e. The van der Waals surface area contributed by atoms with Crippen LogP contribution in [0.2, 0.25) is 0 Å². The Bertz CT molecular complexity index is 373. The number of hydrogen-bond donors (Lipinski definition) is 1. The third-order valence-corrected chi connectivity index (χ3v) is 3.94. The van der Waals surface area contributed by atoms with E-state index >= 15 is 0 Å². The normalized spacial score (nSPS) is 23.8. The minimum Gasteiger partial charge on any atom is -0.316 e. The molecule has 0 spiro atoms. The van der Waals surface area contributed by atoms with Gasteiger partial charge in [0.1, 0.15) is 0 Å². The van der Waals surface area contributed by atoms with E-state index in [0.29, 0.717) is 0 Å². The summed E-state index contributed by atoms with van der Waals surface area (Å²) in [4.78, 5) is 4.35. The van der Waals surface area contributed by atoms with Crippen molar-refractivity contribution < 1.29 is 0 Å². The summed E-state index contributed by atoms with van der Waals surface area (Å²) in [5.74, 6) is 2.26. The van der Waals surface area contributed by atoms with E-state index in [4.69, 9.17) is 0 Å². The average Bonchev–Trinajstić information content (AvgIpc) is 2.77. The van der Waals surface area contributed by atoms with Gasteiger partial charge in [-0.25, -0.2) is 0 Å². The third-order valence-electron chi connectivity index (χ3n) is 3.94. The van der Waals surface area contributed by atoms with Gasteiger partial charge in [0, 0.05) is 12.4 Å². The quantitative estimate of drug-likeness (QED) is 0.860. The second kappa shape index (κ2) is 6.33. The largest absolute Gasteiger partial charge is 0.316 e. The lowest BCUT2D eigenvalue weighted by molar-refractivity contribution is 0.424. The molecule has 1 fully saturated rings. The Kier molecular flexibility index (Phi) is 4.76. The van der Waals surface area contributed by atoms with Gasteiger partial charge >= 0.3 is 0 Å². The molecule has 1 saturated carbocycles. The van der Waals surface area contributed by atoms with Crippen molar-refractivity contribution in [3.8, 4) is 0 Å². The lowest BCUT2D eigenvalue weighted by Gasteiger charge is -2.21. The van der Waals surface area contributed by atoms with Gasteiger partial charge in [0.15, 0.2) is 0 Å². The fraction of sp³-hybridized carbons (Fsp3) is 0.688. The Morgan fingerprint density at radius 3 is 2.89 bits per heavy atom. The van der Waals surface area contributed by atoms with Crippen LogP contribution in [0.25, 0.3) is 0 Å². The molecule has 0 aliphatic heterocycles. The standard InChI is InChI=1S/C16H26N2/c1-12(2)8-17-10-14-5-4-6-16(14)15-7-13(3)9-18-11-15/h7,9,11-12,14,16-17H,4-6,8,10H2,1-3H3. The molecule has 1 heterocycles. The monoisotopic (exact) mass is 246 g/mol. The second-order valence-corrected chi connectivity index (χ2v) is 6.15. The van der Waals surface area contributed by atoms with Gasteiger partial charge in [0.05, 0.1) is 0 Å². The maximum atomic E-state index is 4.35. The van der Waals surface area contributed by atoms with E-state index in [-0.39, 0.29) is 0 Å². The van der Waals surface area contributed by atoms with Gasteiger partial charge in [0.25, 0.3) is 0 Å². The summed E-state index contributed by atoms with van der Waals surface area (Å²) in [5, 5.41) is 3.62. The Balaban J connectivity index is 1.95. The van der Waals surface area contributed by atoms with E-state index in [2.05, 4.69) is 43.3 Å². The Morgan fingerprint density at radius 1 is 1.33 bits per heavy atom. The lowest BCUT2D eigenvalue weighted by Crippen LogP contribution is -2.27. The van der Waals surface area contributed by atoms with Crippen molar-refractivity contribution in [3.63, 3.8) is 0 Å². The molecule has 1 aromatic heterocycles. The van der Waals surface area contributed by atoms with Crippen LogP contribution < -0.4 is 5.32 Å². The molecule has 0 amide bonds. The van der Waals surface area contributed by atoms with Crippen LogP contribution in [0.5, 0.6) is 0 Å². The molecule has 1 aliphatic rings. The topological polar surface area (TPSA) is 24.9 Å². The summed E-state index contributed by atoms with van der Waals surface area (Å²) < 4.78 is 0. The summed E-state index contributed by atoms with van der Waals surface area (Å²) in [6.07, 6.45) is 8.08. The molecule has 2 atom stereocenters. The van der Waals surface area contributed by atoms with Gasteiger partial charge in [-0.2, -0.15) is 0 Å². The number of aryl methyl sites for hydroxylation is 1. The first-order valence-electron chi connectivity index (χ1n) is 7.29. The average molecular weight is 246 g/mol. The molecule has 1 N–H and O–H groups in total. The molecule has 1 aromatic rings. The highest BCUT2D eigenvalue weighted by atomic mass is 14.9. The molecule has 2 nitrogen and oxygen atoms in total. The van der Waals surface area contributed by atoms with Gasteiger partial charge in [0.2, 0.25) is 0 Å². The molecule has 2 heteroatoms. The first-order valence-corrected chi connectivity index (χ1v) is 7.29. The van der Waals surface area contributed by atoms with Gasteiger partial charge < -0.3 is 5.32 Å². The zero-order valence-corrected chi connectivity index (χ0v) is 11.9. The molecule has 0 saturated heterocycles. The van der Waals surface area contributed by atoms with Crippen LogP contribution >= 0.6 is 0 Å². The smallest absolute Gasteiger partial charge is 0.0303 e. The fourth-order valence-corrected chi connectivity index (χ4v) is 3.06. The van der Waals surface area contributed by atoms with Crippen LogP contribution in [-0.4, -0.2) is 18.1 Å². The third kappa shape index (κ3) is 3.55. The van der Waals surface area contributed by atoms with E-state index in [9.17, 15) is 0 Å². The zero-order chi connectivity index (χ0) is 13.0. The molecular weight excluding hydrogens is 220 g/mol. The molecule has 2 unspecified atom stereocenters. The summed E-state index contributed by atoms with van der Waals surface area (Å²) in [5.41, 5.74) is 2.73. The van der Waals surface area contributed by atoms with E-state index < -0.39 is 0 Å². The number of rotatable bonds is 5. The van der Waals surface area contributed by atoms with Crippen LogP contribution in [-0.2, 0) is 0 Å². The highest BCUT2D eigenvalue weighted by molar-refractivity contribution is 5.22. The number of aromatic nitrogens is 1. The van der Waals surface area contributed by atoms with Crippen LogP contribution in [0.3, 0.4) is 0 Å². The first-order chi connectivity index (χ1) is 8.66. The maximum absolute atomic E-state index is 4.35. The predicted octanol–water partition coefficient (Wildman–Crippen LogP) is 3.52. The van der Waals surface area contributed by atoms with Crippen molar-refractivity contribution in [2.75, 3.05) is 13.1 Å². The van der Waals surface area contributed by atoms with Crippen molar-refractivity contribution in [3.05, 3.63) is 29.6 Å². The number of nitrogens with zero attached hydrogens (tertiary/aromatic N) is 1. The van der Waals surface area contributed by atoms with Crippen LogP contribution in [0.4, 0.5) is 0 Å². The number of pyridine rings is 1. The van der Waals surface area contributed by atoms with Gasteiger partial charge in [-0.05, 0) is 61.7 Å². The second-order valence-electron chi connectivity index (χ2n) is 6.15. The van der Waals surface area contributed by atoms with Gasteiger partial charge in [-0.3, -0.25) is 4.98 Å². The van der Waals surface area contributed by atoms with E-state index in [1.807, 2.05) is 6.20 Å². The minimum absolute atomic E-state index is 0.720. The van der Waals surface area contributed by atoms with E-state index in [1.165, 1.54) is 30.4 Å². The summed E-state index contributed by atoms with van der Waals surface area (Å²) >= 11 is 0. The van der Waals surface area contributed by atoms with E-state index in [0.717, 1.165) is 30.8 Å². The molecule has 1 aliphatic carbocycles. The van der Waals surface area contributed by atoms with Crippen molar-refractivity contribution in [2.45, 2.75) is 46.0 Å². The van der Waals surface area contributed by atoms with E-state index in [1.54, 1.807) is 0 Å². The van der Waals surface area contributed by atoms with Crippen molar-refractivity contribution in [2.24, 2.45) is 11.8 Å². The first kappa shape index (κ1) is 13.5. The van der Waals surface area contributed by atoms with Crippen LogP contribution in [0.1, 0.15) is 50.2 Å². The fourth-order valence-electron chi connectivity index (χ4n) is 3.06. The summed E-state index contributed by atoms with van der Waals surface area (Å²) in [7, 11) is 0. The molecule has 18 heavy (non-hydrogen) atoms. The zero-order valence-electron chi connectivity index (χ0n) is 11.9. The SMILES string of the molecule is Cc1cncc(C2CCCC2CNCC(C)C)c1. The molecule has 0 bridgehead atoms. The Labute approximate surface area is 111 Å². The minimum atomic E-state index is 0.720. The summed E-state index contributed by atoms with van der Waals surface area (Å²) in [6, 6.07) is 2.32. The van der Waals surface area contributed by atoms with Gasteiger partial charge in [-0.15, -0.1) is 0 Å². The van der Waals surface area contributed by atoms with Crippen molar-refractivity contribution in [1.29, 1.82) is 0 Å². The molecule has 0 radical (unpaired) electrons. The molecule has 0 aromatic carbocycles. The predicted molar refractivity (Wildman–Crippen MR) is 76.8 cm³/mol. The van der Waals surface area contributed by atoms with Crippen LogP contribution in [0.15, 0.2) is 18.5 Å². The molecule has 2 rings (SSSR count). The highest BCUT2D eigenvalue weighted by Crippen LogP contribution is 2.39. The Morgan fingerprint density at radius 2 is 2.17 bits per heavy atom. The van der Waals surface area contributed by atoms with Crippen LogP contribution in [0, 0.1) is 18.8 Å². The molecule has 100 valence electrons. The van der Waals surface area contributed by atoms with Gasteiger partial charge in [-0.1, -0.05) is 26.3 Å². The highest BCUT2D eigenvalue weighted by Gasteiger charge is 2.28. The van der Waals surface area contributed by atoms with Crippen molar-refractivity contribution >= 4 is 0 Å².